The molecule has 0 fully saturated rings. The number of nitrogens with one attached hydrogen (secondary N) is 2. The van der Waals surface area contributed by atoms with Gasteiger partial charge in [-0.05, 0) is 63.6 Å². The van der Waals surface area contributed by atoms with Crippen molar-refractivity contribution in [2.45, 2.75) is 52.0 Å². The molecule has 1 aliphatic rings. The van der Waals surface area contributed by atoms with Gasteiger partial charge in [0, 0.05) is 42.6 Å². The molecule has 2 heterocycles. The first kappa shape index (κ1) is 19.0. The van der Waals surface area contributed by atoms with E-state index in [1.165, 1.54) is 33.8 Å². The average Bonchev–Trinajstić information content (AvgIpc) is 3.28. The maximum Gasteiger partial charge on any atom is 0.315 e. The maximum absolute atomic E-state index is 12.3. The van der Waals surface area contributed by atoms with E-state index in [0.29, 0.717) is 19.8 Å². The van der Waals surface area contributed by atoms with Crippen LogP contribution in [0.5, 0.6) is 0 Å². The van der Waals surface area contributed by atoms with Crippen LogP contribution in [-0.4, -0.2) is 30.4 Å². The lowest BCUT2D eigenvalue weighted by Crippen LogP contribution is -2.38. The zero-order valence-corrected chi connectivity index (χ0v) is 16.5. The van der Waals surface area contributed by atoms with E-state index in [4.69, 9.17) is 4.74 Å². The number of hydrogen-bond acceptors (Lipinski definition) is 3. The quantitative estimate of drug-likeness (QED) is 0.679. The number of nitrogens with zero attached hydrogens (tertiary/aromatic N) is 1. The molecule has 1 atom stereocenters. The second kappa shape index (κ2) is 9.24. The van der Waals surface area contributed by atoms with Crippen LogP contribution in [0.2, 0.25) is 0 Å². The van der Waals surface area contributed by atoms with Gasteiger partial charge in [0.25, 0.3) is 0 Å². The number of thiophene rings is 1. The Labute approximate surface area is 159 Å². The van der Waals surface area contributed by atoms with Gasteiger partial charge < -0.3 is 19.9 Å². The highest BCUT2D eigenvalue weighted by Gasteiger charge is 2.25. The van der Waals surface area contributed by atoms with Crippen molar-refractivity contribution in [1.82, 2.24) is 15.2 Å². The van der Waals surface area contributed by atoms with Crippen LogP contribution in [0.25, 0.3) is 5.00 Å². The first-order valence-electron chi connectivity index (χ1n) is 9.60. The molecule has 0 saturated heterocycles. The zero-order valence-electron chi connectivity index (χ0n) is 15.7. The normalized spacial score (nSPS) is 14.7. The molecule has 0 saturated carbocycles. The molecule has 5 nitrogen and oxygen atoms in total. The fourth-order valence-corrected chi connectivity index (χ4v) is 4.98. The van der Waals surface area contributed by atoms with Crippen molar-refractivity contribution in [3.63, 3.8) is 0 Å². The predicted octanol–water partition coefficient (Wildman–Crippen LogP) is 4.20. The van der Waals surface area contributed by atoms with E-state index in [1.54, 1.807) is 0 Å². The van der Waals surface area contributed by atoms with Crippen molar-refractivity contribution in [3.8, 4) is 5.00 Å². The summed E-state index contributed by atoms with van der Waals surface area (Å²) in [5.41, 5.74) is 2.74. The van der Waals surface area contributed by atoms with E-state index in [0.717, 1.165) is 19.3 Å². The van der Waals surface area contributed by atoms with Gasteiger partial charge in [0.2, 0.25) is 0 Å². The third-order valence-electron chi connectivity index (χ3n) is 4.77. The number of hydrogen-bond donors (Lipinski definition) is 2. The summed E-state index contributed by atoms with van der Waals surface area (Å²) in [7, 11) is 0. The Hall–Kier alpha value is -1.79. The number of rotatable bonds is 8. The molecular formula is C20H29N3O2S. The topological polar surface area (TPSA) is 55.3 Å². The van der Waals surface area contributed by atoms with Gasteiger partial charge in [-0.3, -0.25) is 0 Å². The molecular weight excluding hydrogens is 346 g/mol. The molecule has 2 N–H and O–H groups in total. The first-order valence-corrected chi connectivity index (χ1v) is 10.4. The van der Waals surface area contributed by atoms with Crippen LogP contribution in [-0.2, 0) is 17.6 Å². The number of urea groups is 1. The van der Waals surface area contributed by atoms with Crippen molar-refractivity contribution >= 4 is 17.4 Å². The molecule has 3 rings (SSSR count). The van der Waals surface area contributed by atoms with Crippen molar-refractivity contribution in [3.05, 3.63) is 40.5 Å². The minimum absolute atomic E-state index is 0.0163. The van der Waals surface area contributed by atoms with E-state index in [-0.39, 0.29) is 12.1 Å². The van der Waals surface area contributed by atoms with Gasteiger partial charge in [0.15, 0.2) is 0 Å². The van der Waals surface area contributed by atoms with Gasteiger partial charge in [-0.15, -0.1) is 11.3 Å². The average molecular weight is 376 g/mol. The predicted molar refractivity (Wildman–Crippen MR) is 106 cm³/mol. The van der Waals surface area contributed by atoms with Crippen molar-refractivity contribution in [2.75, 3.05) is 19.8 Å². The molecule has 1 aliphatic carbocycles. The fourth-order valence-electron chi connectivity index (χ4n) is 3.52. The van der Waals surface area contributed by atoms with E-state index in [1.807, 2.05) is 30.4 Å². The fraction of sp³-hybridized carbons (Fsp3) is 0.550. The van der Waals surface area contributed by atoms with Crippen LogP contribution in [0.4, 0.5) is 4.79 Å². The van der Waals surface area contributed by atoms with Crippen LogP contribution in [0.1, 0.15) is 55.2 Å². The molecule has 0 aromatic carbocycles. The Morgan fingerprint density at radius 1 is 1.31 bits per heavy atom. The highest BCUT2D eigenvalue weighted by Crippen LogP contribution is 2.40. The molecule has 2 aromatic rings. The minimum Gasteiger partial charge on any atom is -0.382 e. The van der Waals surface area contributed by atoms with E-state index in [9.17, 15) is 4.79 Å². The summed E-state index contributed by atoms with van der Waals surface area (Å²) < 4.78 is 7.48. The molecule has 2 amide bonds. The lowest BCUT2D eigenvalue weighted by atomic mass is 9.93. The first-order chi connectivity index (χ1) is 12.7. The van der Waals surface area contributed by atoms with Gasteiger partial charge in [-0.1, -0.05) is 0 Å². The maximum atomic E-state index is 12.3. The monoisotopic (exact) mass is 375 g/mol. The number of amides is 2. The van der Waals surface area contributed by atoms with Gasteiger partial charge in [-0.2, -0.15) is 0 Å². The SMILES string of the molecule is CCOCCCNC(=O)N[C@@H](C)c1c(-n2cccc2)sc2c1CCCC2. The number of carbonyl (C=O) groups excluding carboxylic acids is 1. The molecule has 0 radical (unpaired) electrons. The van der Waals surface area contributed by atoms with Gasteiger partial charge in [-0.25, -0.2) is 4.79 Å². The van der Waals surface area contributed by atoms with Crippen molar-refractivity contribution in [1.29, 1.82) is 0 Å². The van der Waals surface area contributed by atoms with Crippen LogP contribution in [0.15, 0.2) is 24.5 Å². The summed E-state index contributed by atoms with van der Waals surface area (Å²) in [6.45, 7) is 6.09. The summed E-state index contributed by atoms with van der Waals surface area (Å²) in [4.78, 5) is 13.8. The number of fused-ring (bicyclic) bond motifs is 1. The molecule has 26 heavy (non-hydrogen) atoms. The van der Waals surface area contributed by atoms with Crippen LogP contribution in [0, 0.1) is 0 Å². The van der Waals surface area contributed by atoms with Crippen molar-refractivity contribution in [2.24, 2.45) is 0 Å². The van der Waals surface area contributed by atoms with Gasteiger partial charge in [0.05, 0.1) is 6.04 Å². The lowest BCUT2D eigenvalue weighted by Gasteiger charge is -2.20. The van der Waals surface area contributed by atoms with E-state index < -0.39 is 0 Å². The summed E-state index contributed by atoms with van der Waals surface area (Å²) in [6.07, 6.45) is 9.77. The molecule has 0 spiro atoms. The van der Waals surface area contributed by atoms with E-state index in [2.05, 4.69) is 34.5 Å². The standard InChI is InChI=1S/C20H29N3O2S/c1-3-25-14-8-11-21-20(24)22-15(2)18-16-9-4-5-10-17(16)26-19(18)23-12-6-7-13-23/h6-7,12-13,15H,3-5,8-11,14H2,1-2H3,(H2,21,22,24)/t15-/m0/s1. The number of ether oxygens (including phenoxy) is 1. The second-order valence-corrected chi connectivity index (χ2v) is 7.78. The summed E-state index contributed by atoms with van der Waals surface area (Å²) >= 11 is 1.88. The highest BCUT2D eigenvalue weighted by atomic mass is 32.1. The van der Waals surface area contributed by atoms with Crippen LogP contribution >= 0.6 is 11.3 Å². The molecule has 0 unspecified atom stereocenters. The minimum atomic E-state index is -0.108. The van der Waals surface area contributed by atoms with Gasteiger partial charge in [0.1, 0.15) is 5.00 Å². The molecule has 0 bridgehead atoms. The third-order valence-corrected chi connectivity index (χ3v) is 6.09. The summed E-state index contributed by atoms with van der Waals surface area (Å²) in [5, 5.41) is 7.31. The number of aryl methyl sites for hydroxylation is 1. The Bertz CT molecular complexity index is 709. The Balaban J connectivity index is 1.69. The number of aromatic nitrogens is 1. The summed E-state index contributed by atoms with van der Waals surface area (Å²) in [6, 6.07) is 3.97. The summed E-state index contributed by atoms with van der Waals surface area (Å²) in [5.74, 6) is 0. The second-order valence-electron chi connectivity index (χ2n) is 6.69. The smallest absolute Gasteiger partial charge is 0.315 e. The number of carbonyl (C=O) groups is 1. The Morgan fingerprint density at radius 2 is 2.08 bits per heavy atom. The molecule has 142 valence electrons. The van der Waals surface area contributed by atoms with Crippen LogP contribution in [0.3, 0.4) is 0 Å². The third kappa shape index (κ3) is 4.48. The Kier molecular flexibility index (Phi) is 6.74. The molecule has 6 heteroatoms. The van der Waals surface area contributed by atoms with Crippen molar-refractivity contribution < 1.29 is 9.53 Å². The highest BCUT2D eigenvalue weighted by molar-refractivity contribution is 7.15. The zero-order chi connectivity index (χ0) is 18.4. The van der Waals surface area contributed by atoms with Gasteiger partial charge >= 0.3 is 6.03 Å². The molecule has 0 aliphatic heterocycles. The largest absolute Gasteiger partial charge is 0.382 e. The Morgan fingerprint density at radius 3 is 2.85 bits per heavy atom. The van der Waals surface area contributed by atoms with E-state index >= 15 is 0 Å². The lowest BCUT2D eigenvalue weighted by molar-refractivity contribution is 0.145. The van der Waals surface area contributed by atoms with Crippen LogP contribution < -0.4 is 10.6 Å². The molecule has 2 aromatic heterocycles.